The Labute approximate surface area is 174 Å². The highest BCUT2D eigenvalue weighted by molar-refractivity contribution is 6.30. The number of rotatable bonds is 6. The van der Waals surface area contributed by atoms with Crippen LogP contribution in [0.4, 0.5) is 0 Å². The van der Waals surface area contributed by atoms with Gasteiger partial charge in [0.15, 0.2) is 0 Å². The first-order chi connectivity index (χ1) is 14.2. The topological polar surface area (TPSA) is 84.2 Å². The Hall–Kier alpha value is -2.77. The number of pyridine rings is 1. The fourth-order valence-corrected chi connectivity index (χ4v) is 3.60. The van der Waals surface area contributed by atoms with Gasteiger partial charge in [-0.2, -0.15) is 4.98 Å². The first-order valence-electron chi connectivity index (χ1n) is 9.65. The van der Waals surface area contributed by atoms with Crippen molar-refractivity contribution in [3.05, 3.63) is 65.3 Å². The minimum atomic E-state index is -0.0377. The van der Waals surface area contributed by atoms with Crippen molar-refractivity contribution >= 4 is 17.5 Å². The first-order valence-corrected chi connectivity index (χ1v) is 10.0. The van der Waals surface area contributed by atoms with Gasteiger partial charge in [0.25, 0.3) is 0 Å². The average molecular weight is 412 g/mol. The van der Waals surface area contributed by atoms with Crippen molar-refractivity contribution in [1.29, 1.82) is 0 Å². The maximum Gasteiger partial charge on any atom is 0.241 e. The molecule has 2 aromatic heterocycles. The molecule has 1 saturated heterocycles. The molecule has 0 bridgehead atoms. The molecule has 1 unspecified atom stereocenters. The summed E-state index contributed by atoms with van der Waals surface area (Å²) in [5, 5.41) is 7.75. The van der Waals surface area contributed by atoms with E-state index in [9.17, 15) is 4.79 Å². The van der Waals surface area contributed by atoms with Crippen molar-refractivity contribution in [3.8, 4) is 11.4 Å². The second-order valence-corrected chi connectivity index (χ2v) is 7.60. The van der Waals surface area contributed by atoms with E-state index in [-0.39, 0.29) is 11.8 Å². The van der Waals surface area contributed by atoms with E-state index in [4.69, 9.17) is 16.1 Å². The summed E-state index contributed by atoms with van der Waals surface area (Å²) in [6.45, 7) is 2.65. The van der Waals surface area contributed by atoms with Gasteiger partial charge in [0, 0.05) is 36.1 Å². The van der Waals surface area contributed by atoms with Crippen LogP contribution in [0.3, 0.4) is 0 Å². The lowest BCUT2D eigenvalue weighted by atomic mass is 9.97. The van der Waals surface area contributed by atoms with Gasteiger partial charge < -0.3 is 9.84 Å². The van der Waals surface area contributed by atoms with E-state index in [2.05, 4.69) is 25.3 Å². The molecule has 1 aliphatic rings. The largest absolute Gasteiger partial charge is 0.352 e. The minimum absolute atomic E-state index is 0.0377. The molecule has 0 spiro atoms. The van der Waals surface area contributed by atoms with Gasteiger partial charge in [-0.15, -0.1) is 0 Å². The van der Waals surface area contributed by atoms with Crippen molar-refractivity contribution in [2.75, 3.05) is 13.1 Å². The lowest BCUT2D eigenvalue weighted by Gasteiger charge is -2.30. The van der Waals surface area contributed by atoms with Crippen molar-refractivity contribution in [2.24, 2.45) is 5.92 Å². The van der Waals surface area contributed by atoms with Gasteiger partial charge in [-0.1, -0.05) is 16.8 Å². The van der Waals surface area contributed by atoms with Crippen LogP contribution in [0.2, 0.25) is 5.02 Å². The Kier molecular flexibility index (Phi) is 6.17. The third-order valence-corrected chi connectivity index (χ3v) is 5.27. The predicted octanol–water partition coefficient (Wildman–Crippen LogP) is 3.31. The minimum Gasteiger partial charge on any atom is -0.352 e. The molecule has 0 saturated carbocycles. The fraction of sp³-hybridized carbons (Fsp3) is 0.333. The van der Waals surface area contributed by atoms with Crippen molar-refractivity contribution in [1.82, 2.24) is 25.3 Å². The monoisotopic (exact) mass is 411 g/mol. The third kappa shape index (κ3) is 5.19. The number of hydrogen-bond acceptors (Lipinski definition) is 6. The smallest absolute Gasteiger partial charge is 0.241 e. The summed E-state index contributed by atoms with van der Waals surface area (Å²) in [6.07, 6.45) is 5.31. The molecule has 3 aromatic rings. The number of carbonyl (C=O) groups is 1. The molecule has 1 fully saturated rings. The van der Waals surface area contributed by atoms with Crippen LogP contribution >= 0.6 is 11.6 Å². The second kappa shape index (κ2) is 9.15. The number of nitrogens with one attached hydrogen (secondary N) is 1. The molecule has 0 aliphatic carbocycles. The van der Waals surface area contributed by atoms with Crippen LogP contribution in [0, 0.1) is 5.92 Å². The molecule has 1 aliphatic heterocycles. The molecule has 7 nitrogen and oxygen atoms in total. The summed E-state index contributed by atoms with van der Waals surface area (Å²) in [6, 6.07) is 11.1. The molecule has 1 aromatic carbocycles. The van der Waals surface area contributed by atoms with Gasteiger partial charge in [-0.3, -0.25) is 14.7 Å². The van der Waals surface area contributed by atoms with Gasteiger partial charge in [0.1, 0.15) is 0 Å². The summed E-state index contributed by atoms with van der Waals surface area (Å²) in [4.78, 5) is 23.2. The number of benzene rings is 1. The number of halogens is 1. The van der Waals surface area contributed by atoms with Gasteiger partial charge in [0.05, 0.1) is 12.5 Å². The van der Waals surface area contributed by atoms with Crippen LogP contribution in [0.15, 0.2) is 53.3 Å². The highest BCUT2D eigenvalue weighted by atomic mass is 35.5. The lowest BCUT2D eigenvalue weighted by Crippen LogP contribution is -2.42. The van der Waals surface area contributed by atoms with E-state index in [0.29, 0.717) is 36.4 Å². The first kappa shape index (κ1) is 19.5. The Bertz CT molecular complexity index is 945. The normalized spacial score (nSPS) is 17.2. The van der Waals surface area contributed by atoms with Gasteiger partial charge in [-0.25, -0.2) is 0 Å². The van der Waals surface area contributed by atoms with Crippen LogP contribution in [0.1, 0.15) is 24.3 Å². The molecule has 1 amide bonds. The molecule has 4 rings (SSSR count). The van der Waals surface area contributed by atoms with E-state index in [1.807, 2.05) is 24.3 Å². The quantitative estimate of drug-likeness (QED) is 0.669. The standard InChI is InChI=1S/C21H22ClN5O2/c22-18-5-3-16(4-6-18)20-25-19(29-26-20)14-27-11-1-2-17(13-27)21(28)24-12-15-7-9-23-10-8-15/h3-10,17H,1-2,11-14H2,(H,24,28). The summed E-state index contributed by atoms with van der Waals surface area (Å²) >= 11 is 5.92. The number of likely N-dealkylation sites (tertiary alicyclic amines) is 1. The van der Waals surface area contributed by atoms with Gasteiger partial charge in [-0.05, 0) is 61.3 Å². The SMILES string of the molecule is O=C(NCc1ccncc1)C1CCCN(Cc2nc(-c3ccc(Cl)cc3)no2)C1. The van der Waals surface area contributed by atoms with E-state index >= 15 is 0 Å². The Balaban J connectivity index is 1.32. The predicted molar refractivity (Wildman–Crippen MR) is 109 cm³/mol. The molecule has 0 radical (unpaired) electrons. The van der Waals surface area contributed by atoms with Crippen molar-refractivity contribution in [2.45, 2.75) is 25.9 Å². The lowest BCUT2D eigenvalue weighted by molar-refractivity contribution is -0.127. The summed E-state index contributed by atoms with van der Waals surface area (Å²) in [5.41, 5.74) is 1.90. The zero-order valence-electron chi connectivity index (χ0n) is 15.9. The number of amides is 1. The van der Waals surface area contributed by atoms with Crippen LogP contribution < -0.4 is 5.32 Å². The number of nitrogens with zero attached hydrogens (tertiary/aromatic N) is 4. The molecule has 3 heterocycles. The highest BCUT2D eigenvalue weighted by Gasteiger charge is 2.26. The Morgan fingerprint density at radius 3 is 2.79 bits per heavy atom. The molecular weight excluding hydrogens is 390 g/mol. The van der Waals surface area contributed by atoms with Gasteiger partial charge >= 0.3 is 0 Å². The van der Waals surface area contributed by atoms with Crippen LogP contribution in [0.5, 0.6) is 0 Å². The summed E-state index contributed by atoms with van der Waals surface area (Å²) in [5.74, 6) is 1.14. The number of aromatic nitrogens is 3. The van der Waals surface area contributed by atoms with E-state index < -0.39 is 0 Å². The molecule has 29 heavy (non-hydrogen) atoms. The van der Waals surface area contributed by atoms with Crippen LogP contribution in [0.25, 0.3) is 11.4 Å². The zero-order valence-corrected chi connectivity index (χ0v) is 16.7. The maximum absolute atomic E-state index is 12.6. The molecular formula is C21H22ClN5O2. The van der Waals surface area contributed by atoms with E-state index in [1.54, 1.807) is 24.5 Å². The molecule has 8 heteroatoms. The molecule has 1 atom stereocenters. The Morgan fingerprint density at radius 1 is 1.21 bits per heavy atom. The van der Waals surface area contributed by atoms with Crippen LogP contribution in [-0.4, -0.2) is 39.0 Å². The van der Waals surface area contributed by atoms with Crippen molar-refractivity contribution in [3.63, 3.8) is 0 Å². The number of carbonyl (C=O) groups excluding carboxylic acids is 1. The zero-order chi connectivity index (χ0) is 20.1. The summed E-state index contributed by atoms with van der Waals surface area (Å²) in [7, 11) is 0. The average Bonchev–Trinajstić information content (AvgIpc) is 3.22. The third-order valence-electron chi connectivity index (χ3n) is 5.02. The number of hydrogen-bond donors (Lipinski definition) is 1. The molecule has 150 valence electrons. The summed E-state index contributed by atoms with van der Waals surface area (Å²) < 4.78 is 5.41. The maximum atomic E-state index is 12.6. The van der Waals surface area contributed by atoms with Gasteiger partial charge in [0.2, 0.25) is 17.6 Å². The fourth-order valence-electron chi connectivity index (χ4n) is 3.47. The number of piperidine rings is 1. The second-order valence-electron chi connectivity index (χ2n) is 7.17. The Morgan fingerprint density at radius 2 is 2.00 bits per heavy atom. The van der Waals surface area contributed by atoms with E-state index in [1.165, 1.54) is 0 Å². The molecule has 1 N–H and O–H groups in total. The van der Waals surface area contributed by atoms with E-state index in [0.717, 1.165) is 30.5 Å². The highest BCUT2D eigenvalue weighted by Crippen LogP contribution is 2.21. The van der Waals surface area contributed by atoms with Crippen molar-refractivity contribution < 1.29 is 9.32 Å². The van der Waals surface area contributed by atoms with Crippen LogP contribution in [-0.2, 0) is 17.9 Å².